The molecule has 0 bridgehead atoms. The highest BCUT2D eigenvalue weighted by atomic mass is 19.1. The van der Waals surface area contributed by atoms with Gasteiger partial charge >= 0.3 is 5.97 Å². The number of carbonyl (C=O) groups is 3. The summed E-state index contributed by atoms with van der Waals surface area (Å²) in [5.41, 5.74) is 2.31. The van der Waals surface area contributed by atoms with Crippen molar-refractivity contribution >= 4 is 34.5 Å². The lowest BCUT2D eigenvalue weighted by Gasteiger charge is -2.32. The molecule has 0 saturated carbocycles. The molecule has 2 amide bonds. The summed E-state index contributed by atoms with van der Waals surface area (Å²) < 4.78 is 25.8. The molecule has 1 aliphatic heterocycles. The van der Waals surface area contributed by atoms with Gasteiger partial charge in [0, 0.05) is 18.8 Å². The van der Waals surface area contributed by atoms with Crippen LogP contribution in [0.25, 0.3) is 11.0 Å². The Morgan fingerprint density at radius 3 is 2.55 bits per heavy atom. The molecule has 4 aromatic rings. The average molecular weight is 546 g/mol. The van der Waals surface area contributed by atoms with Gasteiger partial charge in [-0.05, 0) is 66.9 Å². The van der Waals surface area contributed by atoms with E-state index in [1.807, 2.05) is 12.1 Å². The Morgan fingerprint density at radius 1 is 1.10 bits per heavy atom. The van der Waals surface area contributed by atoms with Crippen LogP contribution in [0.3, 0.4) is 0 Å². The molecule has 206 valence electrons. The standard InChI is InChI=1S/C29H28FN5O5/c1-39-29(38)20-10-8-19(9-11-20)27(28(37)31-17-23-5-4-16-40-23)35(22-14-12-21(30)13-15-22)26(36)18-34-25-7-3-2-6-24(25)32-33-34/h2-3,6-15,23,27H,4-5,16-18H2,1H3,(H,31,37)/t23-,27+/m0/s1. The lowest BCUT2D eigenvalue weighted by Crippen LogP contribution is -2.46. The summed E-state index contributed by atoms with van der Waals surface area (Å²) in [5.74, 6) is -1.95. The predicted molar refractivity (Wildman–Crippen MR) is 144 cm³/mol. The van der Waals surface area contributed by atoms with E-state index in [1.165, 1.54) is 53.1 Å². The van der Waals surface area contributed by atoms with Crippen LogP contribution in [0.15, 0.2) is 72.8 Å². The van der Waals surface area contributed by atoms with Gasteiger partial charge in [0.1, 0.15) is 23.9 Å². The number of rotatable bonds is 9. The number of hydrogen-bond donors (Lipinski definition) is 1. The number of ether oxygens (including phenoxy) is 2. The second-order valence-electron chi connectivity index (χ2n) is 9.37. The van der Waals surface area contributed by atoms with Crippen LogP contribution in [0.1, 0.15) is 34.8 Å². The van der Waals surface area contributed by atoms with Gasteiger partial charge in [-0.2, -0.15) is 0 Å². The van der Waals surface area contributed by atoms with E-state index in [2.05, 4.69) is 15.6 Å². The summed E-state index contributed by atoms with van der Waals surface area (Å²) in [7, 11) is 1.28. The summed E-state index contributed by atoms with van der Waals surface area (Å²) in [6.45, 7) is 0.674. The average Bonchev–Trinajstić information content (AvgIpc) is 3.65. The predicted octanol–water partition coefficient (Wildman–Crippen LogP) is 3.43. The molecule has 11 heteroatoms. The van der Waals surface area contributed by atoms with E-state index in [9.17, 15) is 18.8 Å². The number of para-hydroxylation sites is 1. The molecule has 0 aliphatic carbocycles. The number of fused-ring (bicyclic) bond motifs is 1. The van der Waals surface area contributed by atoms with E-state index in [0.29, 0.717) is 34.5 Å². The van der Waals surface area contributed by atoms with Gasteiger partial charge in [0.05, 0.1) is 24.3 Å². The van der Waals surface area contributed by atoms with Crippen molar-refractivity contribution in [3.8, 4) is 0 Å². The van der Waals surface area contributed by atoms with Crippen LogP contribution in [0, 0.1) is 5.82 Å². The van der Waals surface area contributed by atoms with Crippen molar-refractivity contribution in [2.45, 2.75) is 31.5 Å². The van der Waals surface area contributed by atoms with Gasteiger partial charge < -0.3 is 14.8 Å². The molecule has 1 N–H and O–H groups in total. The lowest BCUT2D eigenvalue weighted by molar-refractivity contribution is -0.127. The maximum atomic E-state index is 14.0. The number of esters is 1. The molecule has 2 heterocycles. The second-order valence-corrected chi connectivity index (χ2v) is 9.37. The zero-order valence-corrected chi connectivity index (χ0v) is 21.8. The number of benzene rings is 3. The first-order chi connectivity index (χ1) is 19.4. The molecule has 0 radical (unpaired) electrons. The first kappa shape index (κ1) is 26.9. The number of halogens is 1. The zero-order chi connectivity index (χ0) is 28.1. The Balaban J connectivity index is 1.54. The van der Waals surface area contributed by atoms with E-state index in [1.54, 1.807) is 24.3 Å². The SMILES string of the molecule is COC(=O)c1ccc([C@H](C(=O)NC[C@@H]2CCCO2)N(C(=O)Cn2nnc3ccccc32)c2ccc(F)cc2)cc1. The van der Waals surface area contributed by atoms with Crippen molar-refractivity contribution in [1.82, 2.24) is 20.3 Å². The van der Waals surface area contributed by atoms with Gasteiger partial charge in [-0.25, -0.2) is 13.9 Å². The van der Waals surface area contributed by atoms with Crippen LogP contribution >= 0.6 is 0 Å². The number of carbonyl (C=O) groups excluding carboxylic acids is 3. The Bertz CT molecular complexity index is 1500. The third kappa shape index (κ3) is 5.84. The molecule has 3 aromatic carbocycles. The van der Waals surface area contributed by atoms with E-state index in [0.717, 1.165) is 12.8 Å². The smallest absolute Gasteiger partial charge is 0.337 e. The highest BCUT2D eigenvalue weighted by Gasteiger charge is 2.34. The van der Waals surface area contributed by atoms with E-state index < -0.39 is 29.6 Å². The van der Waals surface area contributed by atoms with Crippen molar-refractivity contribution in [3.63, 3.8) is 0 Å². The topological polar surface area (TPSA) is 116 Å². The molecule has 10 nitrogen and oxygen atoms in total. The fourth-order valence-corrected chi connectivity index (χ4v) is 4.73. The molecule has 2 atom stereocenters. The van der Waals surface area contributed by atoms with Gasteiger partial charge in [-0.1, -0.05) is 29.5 Å². The highest BCUT2D eigenvalue weighted by Crippen LogP contribution is 2.30. The van der Waals surface area contributed by atoms with Gasteiger partial charge in [-0.15, -0.1) is 5.10 Å². The van der Waals surface area contributed by atoms with Crippen molar-refractivity contribution in [2.75, 3.05) is 25.2 Å². The van der Waals surface area contributed by atoms with Crippen molar-refractivity contribution in [2.24, 2.45) is 0 Å². The summed E-state index contributed by atoms with van der Waals surface area (Å²) in [4.78, 5) is 41.2. The Morgan fingerprint density at radius 2 is 1.85 bits per heavy atom. The number of aromatic nitrogens is 3. The van der Waals surface area contributed by atoms with Gasteiger partial charge in [0.2, 0.25) is 11.8 Å². The van der Waals surface area contributed by atoms with Crippen LogP contribution in [0.4, 0.5) is 10.1 Å². The molecular formula is C29H28FN5O5. The van der Waals surface area contributed by atoms with Crippen LogP contribution in [0.5, 0.6) is 0 Å². The number of anilines is 1. The molecule has 0 unspecified atom stereocenters. The maximum absolute atomic E-state index is 14.0. The first-order valence-electron chi connectivity index (χ1n) is 12.9. The van der Waals surface area contributed by atoms with Gasteiger partial charge in [0.25, 0.3) is 0 Å². The highest BCUT2D eigenvalue weighted by molar-refractivity contribution is 6.01. The molecule has 1 aliphatic rings. The van der Waals surface area contributed by atoms with E-state index >= 15 is 0 Å². The maximum Gasteiger partial charge on any atom is 0.337 e. The number of hydrogen-bond acceptors (Lipinski definition) is 7. The third-order valence-corrected chi connectivity index (χ3v) is 6.76. The van der Waals surface area contributed by atoms with Crippen LogP contribution < -0.4 is 10.2 Å². The van der Waals surface area contributed by atoms with Crippen molar-refractivity contribution in [3.05, 3.63) is 89.7 Å². The van der Waals surface area contributed by atoms with Crippen LogP contribution in [0.2, 0.25) is 0 Å². The molecule has 0 spiro atoms. The zero-order valence-electron chi connectivity index (χ0n) is 21.8. The molecule has 1 saturated heterocycles. The Hall–Kier alpha value is -4.64. The van der Waals surface area contributed by atoms with Gasteiger partial charge in [0.15, 0.2) is 0 Å². The summed E-state index contributed by atoms with van der Waals surface area (Å²) in [6.07, 6.45) is 1.60. The lowest BCUT2D eigenvalue weighted by atomic mass is 10.0. The quantitative estimate of drug-likeness (QED) is 0.321. The number of amides is 2. The molecule has 1 fully saturated rings. The Kier molecular flexibility index (Phi) is 8.11. The van der Waals surface area contributed by atoms with E-state index in [4.69, 9.17) is 9.47 Å². The first-order valence-corrected chi connectivity index (χ1v) is 12.9. The minimum Gasteiger partial charge on any atom is -0.465 e. The number of nitrogens with zero attached hydrogens (tertiary/aromatic N) is 4. The summed E-state index contributed by atoms with van der Waals surface area (Å²) in [6, 6.07) is 17.6. The Labute approximate surface area is 229 Å². The minimum absolute atomic E-state index is 0.122. The fourth-order valence-electron chi connectivity index (χ4n) is 4.73. The largest absolute Gasteiger partial charge is 0.465 e. The van der Waals surface area contributed by atoms with Crippen LogP contribution in [-0.4, -0.2) is 59.1 Å². The third-order valence-electron chi connectivity index (χ3n) is 6.76. The monoisotopic (exact) mass is 545 g/mol. The van der Waals surface area contributed by atoms with Gasteiger partial charge in [-0.3, -0.25) is 14.5 Å². The van der Waals surface area contributed by atoms with Crippen molar-refractivity contribution in [1.29, 1.82) is 0 Å². The summed E-state index contributed by atoms with van der Waals surface area (Å²) in [5, 5.41) is 11.2. The number of methoxy groups -OCH3 is 1. The molecule has 40 heavy (non-hydrogen) atoms. The minimum atomic E-state index is -1.15. The molecule has 1 aromatic heterocycles. The molecular weight excluding hydrogens is 517 g/mol. The van der Waals surface area contributed by atoms with Crippen molar-refractivity contribution < 1.29 is 28.2 Å². The summed E-state index contributed by atoms with van der Waals surface area (Å²) >= 11 is 0. The normalized spacial score (nSPS) is 15.5. The fraction of sp³-hybridized carbons (Fsp3) is 0.276. The van der Waals surface area contributed by atoms with E-state index in [-0.39, 0.29) is 19.2 Å². The number of nitrogens with one attached hydrogen (secondary N) is 1. The molecule has 5 rings (SSSR count). The van der Waals surface area contributed by atoms with Crippen LogP contribution in [-0.2, 0) is 25.6 Å². The second kappa shape index (κ2) is 12.0.